The molecule has 0 bridgehead atoms. The fourth-order valence-corrected chi connectivity index (χ4v) is 1.18. The molecule has 14 heavy (non-hydrogen) atoms. The minimum absolute atomic E-state index is 0.0402. The summed E-state index contributed by atoms with van der Waals surface area (Å²) in [5, 5.41) is 17.6. The normalized spacial score (nSPS) is 9.00. The van der Waals surface area contributed by atoms with E-state index in [4.69, 9.17) is 21.8 Å². The van der Waals surface area contributed by atoms with Crippen LogP contribution in [0.5, 0.6) is 0 Å². The van der Waals surface area contributed by atoms with Crippen molar-refractivity contribution in [2.24, 2.45) is 0 Å². The van der Waals surface area contributed by atoms with Gasteiger partial charge in [0.05, 0.1) is 16.1 Å². The molecule has 0 radical (unpaired) electrons. The summed E-state index contributed by atoms with van der Waals surface area (Å²) >= 11 is 5.76. The molecule has 0 aliphatic heterocycles. The van der Waals surface area contributed by atoms with Crippen LogP contribution in [0.1, 0.15) is 15.9 Å². The second-order valence-corrected chi connectivity index (χ2v) is 2.83. The molecule has 0 amide bonds. The highest BCUT2D eigenvalue weighted by atomic mass is 35.5. The van der Waals surface area contributed by atoms with Gasteiger partial charge in [0.25, 0.3) is 0 Å². The summed E-state index contributed by atoms with van der Waals surface area (Å²) < 4.78 is 0. The Kier molecular flexibility index (Phi) is 3.52. The average molecular weight is 211 g/mol. The van der Waals surface area contributed by atoms with Gasteiger partial charge in [-0.05, 0) is 12.1 Å². The molecule has 2 N–H and O–H groups in total. The van der Waals surface area contributed by atoms with Gasteiger partial charge in [-0.1, -0.05) is 29.5 Å². The summed E-state index contributed by atoms with van der Waals surface area (Å²) in [5.74, 6) is 3.77. The number of halogens is 1. The maximum absolute atomic E-state index is 10.7. The SMILES string of the molecule is O=C(O)c1cccc(Cl)c1C#CCO. The lowest BCUT2D eigenvalue weighted by molar-refractivity contribution is 0.0696. The fourth-order valence-electron chi connectivity index (χ4n) is 0.957. The van der Waals surface area contributed by atoms with Crippen LogP contribution < -0.4 is 0 Å². The molecule has 0 atom stereocenters. The van der Waals surface area contributed by atoms with E-state index in [-0.39, 0.29) is 22.8 Å². The zero-order valence-electron chi connectivity index (χ0n) is 7.12. The van der Waals surface area contributed by atoms with Gasteiger partial charge in [-0.3, -0.25) is 0 Å². The Labute approximate surface area is 85.9 Å². The summed E-state index contributed by atoms with van der Waals surface area (Å²) in [5.41, 5.74) is 0.272. The van der Waals surface area contributed by atoms with E-state index in [1.165, 1.54) is 12.1 Å². The molecular weight excluding hydrogens is 204 g/mol. The molecule has 0 unspecified atom stereocenters. The molecule has 0 aliphatic carbocycles. The molecule has 0 saturated heterocycles. The van der Waals surface area contributed by atoms with Crippen molar-refractivity contribution in [3.8, 4) is 11.8 Å². The third kappa shape index (κ3) is 2.25. The van der Waals surface area contributed by atoms with Crippen molar-refractivity contribution < 1.29 is 15.0 Å². The second kappa shape index (κ2) is 4.66. The topological polar surface area (TPSA) is 57.5 Å². The molecule has 4 heteroatoms. The Morgan fingerprint density at radius 2 is 2.21 bits per heavy atom. The first-order valence-electron chi connectivity index (χ1n) is 3.78. The predicted octanol–water partition coefficient (Wildman–Crippen LogP) is 1.38. The van der Waals surface area contributed by atoms with Crippen molar-refractivity contribution in [3.05, 3.63) is 34.3 Å². The summed E-state index contributed by atoms with van der Waals surface area (Å²) in [7, 11) is 0. The number of aliphatic hydroxyl groups excluding tert-OH is 1. The molecule has 72 valence electrons. The first-order chi connectivity index (χ1) is 6.66. The van der Waals surface area contributed by atoms with Gasteiger partial charge in [0.1, 0.15) is 6.61 Å². The number of rotatable bonds is 1. The summed E-state index contributed by atoms with van der Waals surface area (Å²) in [4.78, 5) is 10.7. The molecule has 0 fully saturated rings. The molecule has 0 saturated carbocycles. The van der Waals surface area contributed by atoms with Gasteiger partial charge in [0.15, 0.2) is 0 Å². The van der Waals surface area contributed by atoms with Crippen LogP contribution in [0.2, 0.25) is 5.02 Å². The largest absolute Gasteiger partial charge is 0.478 e. The van der Waals surface area contributed by atoms with Gasteiger partial charge in [0.2, 0.25) is 0 Å². The average Bonchev–Trinajstić information content (AvgIpc) is 2.15. The number of carboxylic acid groups (broad SMARTS) is 1. The molecule has 0 spiro atoms. The molecule has 0 aliphatic rings. The van der Waals surface area contributed by atoms with Crippen molar-refractivity contribution in [1.29, 1.82) is 0 Å². The van der Waals surface area contributed by atoms with Gasteiger partial charge < -0.3 is 10.2 Å². The Hall–Kier alpha value is -1.50. The quantitative estimate of drug-likeness (QED) is 0.689. The maximum atomic E-state index is 10.7. The van der Waals surface area contributed by atoms with Crippen molar-refractivity contribution in [2.75, 3.05) is 6.61 Å². The maximum Gasteiger partial charge on any atom is 0.337 e. The van der Waals surface area contributed by atoms with E-state index >= 15 is 0 Å². The van der Waals surface area contributed by atoms with E-state index in [9.17, 15) is 4.79 Å². The van der Waals surface area contributed by atoms with Crippen LogP contribution in [-0.2, 0) is 0 Å². The van der Waals surface area contributed by atoms with E-state index in [1.807, 2.05) is 0 Å². The van der Waals surface area contributed by atoms with Gasteiger partial charge >= 0.3 is 5.97 Å². The molecule has 1 aromatic carbocycles. The predicted molar refractivity (Wildman–Crippen MR) is 52.4 cm³/mol. The lowest BCUT2D eigenvalue weighted by atomic mass is 10.1. The lowest BCUT2D eigenvalue weighted by Crippen LogP contribution is -2.00. The third-order valence-electron chi connectivity index (χ3n) is 1.54. The van der Waals surface area contributed by atoms with Crippen LogP contribution in [0.4, 0.5) is 0 Å². The second-order valence-electron chi connectivity index (χ2n) is 2.43. The van der Waals surface area contributed by atoms with Crippen LogP contribution in [0.25, 0.3) is 0 Å². The molecule has 0 aromatic heterocycles. The summed E-state index contributed by atoms with van der Waals surface area (Å²) in [6.07, 6.45) is 0. The highest BCUT2D eigenvalue weighted by Gasteiger charge is 2.10. The standard InChI is InChI=1S/C10H7ClO3/c11-9-5-1-3-8(10(13)14)7(9)4-2-6-12/h1,3,5,12H,6H2,(H,13,14). The van der Waals surface area contributed by atoms with Crippen LogP contribution in [-0.4, -0.2) is 22.8 Å². The number of hydrogen-bond donors (Lipinski definition) is 2. The molecule has 1 aromatic rings. The molecular formula is C10H7ClO3. The van der Waals surface area contributed by atoms with E-state index in [0.717, 1.165) is 0 Å². The van der Waals surface area contributed by atoms with E-state index in [2.05, 4.69) is 11.8 Å². The number of hydrogen-bond acceptors (Lipinski definition) is 2. The monoisotopic (exact) mass is 210 g/mol. The molecule has 0 heterocycles. The Balaban J connectivity index is 3.29. The molecule has 1 rings (SSSR count). The zero-order valence-corrected chi connectivity index (χ0v) is 7.88. The minimum atomic E-state index is -1.09. The van der Waals surface area contributed by atoms with Crippen molar-refractivity contribution in [3.63, 3.8) is 0 Å². The number of aromatic carboxylic acids is 1. The lowest BCUT2D eigenvalue weighted by Gasteiger charge is -2.00. The van der Waals surface area contributed by atoms with Crippen LogP contribution in [0, 0.1) is 11.8 Å². The van der Waals surface area contributed by atoms with Crippen molar-refractivity contribution >= 4 is 17.6 Å². The van der Waals surface area contributed by atoms with E-state index in [0.29, 0.717) is 0 Å². The zero-order chi connectivity index (χ0) is 10.6. The summed E-state index contributed by atoms with van der Waals surface area (Å²) in [6.45, 7) is -0.329. The number of carbonyl (C=O) groups is 1. The van der Waals surface area contributed by atoms with E-state index in [1.54, 1.807) is 6.07 Å². The fraction of sp³-hybridized carbons (Fsp3) is 0.100. The third-order valence-corrected chi connectivity index (χ3v) is 1.85. The van der Waals surface area contributed by atoms with Crippen molar-refractivity contribution in [2.45, 2.75) is 0 Å². The first-order valence-corrected chi connectivity index (χ1v) is 4.16. The van der Waals surface area contributed by atoms with Gasteiger partial charge in [-0.2, -0.15) is 0 Å². The van der Waals surface area contributed by atoms with Gasteiger partial charge in [0, 0.05) is 0 Å². The smallest absolute Gasteiger partial charge is 0.337 e. The summed E-state index contributed by atoms with van der Waals surface area (Å²) in [6, 6.07) is 4.50. The highest BCUT2D eigenvalue weighted by Crippen LogP contribution is 2.18. The number of carboxylic acids is 1. The Morgan fingerprint density at radius 1 is 1.50 bits per heavy atom. The van der Waals surface area contributed by atoms with Crippen LogP contribution in [0.3, 0.4) is 0 Å². The van der Waals surface area contributed by atoms with E-state index < -0.39 is 5.97 Å². The van der Waals surface area contributed by atoms with Gasteiger partial charge in [-0.25, -0.2) is 4.79 Å². The Morgan fingerprint density at radius 3 is 2.79 bits per heavy atom. The number of benzene rings is 1. The van der Waals surface area contributed by atoms with Crippen LogP contribution in [0.15, 0.2) is 18.2 Å². The van der Waals surface area contributed by atoms with Gasteiger partial charge in [-0.15, -0.1) is 0 Å². The Bertz CT molecular complexity index is 415. The minimum Gasteiger partial charge on any atom is -0.478 e. The van der Waals surface area contributed by atoms with Crippen LogP contribution >= 0.6 is 11.6 Å². The van der Waals surface area contributed by atoms with Crippen molar-refractivity contribution in [1.82, 2.24) is 0 Å². The first kappa shape index (κ1) is 10.6. The molecule has 3 nitrogen and oxygen atoms in total. The highest BCUT2D eigenvalue weighted by molar-refractivity contribution is 6.32. The number of aliphatic hydroxyl groups is 1.